The second-order valence-electron chi connectivity index (χ2n) is 5.04. The molecule has 1 aromatic carbocycles. The Morgan fingerprint density at radius 1 is 1.25 bits per heavy atom. The number of nitrogens with zero attached hydrogens (tertiary/aromatic N) is 2. The number of hydrogen-bond donors (Lipinski definition) is 1. The number of benzene rings is 1. The van der Waals surface area contributed by atoms with Gasteiger partial charge in [-0.3, -0.25) is 14.9 Å². The van der Waals surface area contributed by atoms with Gasteiger partial charge in [0.25, 0.3) is 5.69 Å². The van der Waals surface area contributed by atoms with Gasteiger partial charge < -0.3 is 5.32 Å². The lowest BCUT2D eigenvalue weighted by Gasteiger charge is -2.00. The van der Waals surface area contributed by atoms with Crippen molar-refractivity contribution in [3.05, 3.63) is 73.4 Å². The summed E-state index contributed by atoms with van der Waals surface area (Å²) in [6, 6.07) is 10.3. The lowest BCUT2D eigenvalue weighted by atomic mass is 10.1. The molecule has 0 aliphatic carbocycles. The number of nitro groups is 1. The number of thiophene rings is 1. The average Bonchev–Trinajstić information content (AvgIpc) is 3.20. The number of carbonyl (C=O) groups excluding carboxylic acids is 1. The van der Waals surface area contributed by atoms with Crippen molar-refractivity contribution >= 4 is 39.4 Å². The van der Waals surface area contributed by atoms with Crippen molar-refractivity contribution in [2.75, 3.05) is 5.32 Å². The first-order chi connectivity index (χ1) is 11.6. The second-order valence-corrected chi connectivity index (χ2v) is 7.19. The molecule has 0 atom stereocenters. The quantitative estimate of drug-likeness (QED) is 0.534. The number of nitrogens with one attached hydrogen (secondary N) is 1. The molecule has 0 spiro atoms. The molecule has 3 rings (SSSR count). The van der Waals surface area contributed by atoms with Gasteiger partial charge in [-0.05, 0) is 17.0 Å². The van der Waals surface area contributed by atoms with Gasteiger partial charge in [0.2, 0.25) is 5.91 Å². The zero-order chi connectivity index (χ0) is 16.9. The molecule has 3 aromatic rings. The SMILES string of the molecule is O=C(Cc1cccs1)Nc1ncc(Cc2cccc([N+](=O)[O-])c2)s1. The first-order valence-electron chi connectivity index (χ1n) is 7.10. The van der Waals surface area contributed by atoms with E-state index in [9.17, 15) is 14.9 Å². The predicted molar refractivity (Wildman–Crippen MR) is 94.7 cm³/mol. The van der Waals surface area contributed by atoms with E-state index in [1.54, 1.807) is 18.3 Å². The van der Waals surface area contributed by atoms with Crippen molar-refractivity contribution in [1.82, 2.24) is 4.98 Å². The highest BCUT2D eigenvalue weighted by Crippen LogP contribution is 2.23. The van der Waals surface area contributed by atoms with E-state index < -0.39 is 4.92 Å². The third kappa shape index (κ3) is 4.24. The first kappa shape index (κ1) is 16.3. The summed E-state index contributed by atoms with van der Waals surface area (Å²) in [6.07, 6.45) is 2.56. The van der Waals surface area contributed by atoms with Crippen LogP contribution < -0.4 is 5.32 Å². The molecule has 24 heavy (non-hydrogen) atoms. The molecule has 0 radical (unpaired) electrons. The van der Waals surface area contributed by atoms with Crippen LogP contribution in [-0.4, -0.2) is 15.8 Å². The maximum atomic E-state index is 12.0. The third-order valence-electron chi connectivity index (χ3n) is 3.21. The molecule has 2 aromatic heterocycles. The van der Waals surface area contributed by atoms with E-state index in [1.807, 2.05) is 23.6 Å². The number of nitro benzene ring substituents is 1. The van der Waals surface area contributed by atoms with Crippen molar-refractivity contribution in [3.63, 3.8) is 0 Å². The molecule has 0 unspecified atom stereocenters. The van der Waals surface area contributed by atoms with E-state index >= 15 is 0 Å². The maximum Gasteiger partial charge on any atom is 0.269 e. The standard InChI is InChI=1S/C16H13N3O3S2/c20-15(9-13-5-2-6-23-13)18-16-17-10-14(24-16)8-11-3-1-4-12(7-11)19(21)22/h1-7,10H,8-9H2,(H,17,18,20). The number of hydrogen-bond acceptors (Lipinski definition) is 6. The fraction of sp³-hybridized carbons (Fsp3) is 0.125. The molecular formula is C16H13N3O3S2. The van der Waals surface area contributed by atoms with Crippen LogP contribution in [0.15, 0.2) is 48.0 Å². The molecule has 122 valence electrons. The topological polar surface area (TPSA) is 85.1 Å². The minimum absolute atomic E-state index is 0.0708. The van der Waals surface area contributed by atoms with Crippen molar-refractivity contribution in [3.8, 4) is 0 Å². The van der Waals surface area contributed by atoms with Crippen molar-refractivity contribution in [2.45, 2.75) is 12.8 Å². The van der Waals surface area contributed by atoms with Crippen LogP contribution in [0.3, 0.4) is 0 Å². The minimum atomic E-state index is -0.410. The normalized spacial score (nSPS) is 10.5. The van der Waals surface area contributed by atoms with Gasteiger partial charge >= 0.3 is 0 Å². The Balaban J connectivity index is 1.62. The molecule has 1 amide bonds. The molecule has 6 nitrogen and oxygen atoms in total. The number of thiazole rings is 1. The van der Waals surface area contributed by atoms with E-state index in [4.69, 9.17) is 0 Å². The Morgan fingerprint density at radius 2 is 2.12 bits per heavy atom. The lowest BCUT2D eigenvalue weighted by Crippen LogP contribution is -2.13. The zero-order valence-corrected chi connectivity index (χ0v) is 14.1. The first-order valence-corrected chi connectivity index (χ1v) is 8.80. The highest BCUT2D eigenvalue weighted by Gasteiger charge is 2.10. The molecule has 8 heteroatoms. The Morgan fingerprint density at radius 3 is 2.88 bits per heavy atom. The second kappa shape index (κ2) is 7.33. The summed E-state index contributed by atoms with van der Waals surface area (Å²) in [4.78, 5) is 28.5. The molecule has 0 fully saturated rings. The molecule has 2 heterocycles. The molecule has 1 N–H and O–H groups in total. The monoisotopic (exact) mass is 359 g/mol. The average molecular weight is 359 g/mol. The van der Waals surface area contributed by atoms with Crippen molar-refractivity contribution in [1.29, 1.82) is 0 Å². The van der Waals surface area contributed by atoms with E-state index in [0.717, 1.165) is 15.3 Å². The fourth-order valence-corrected chi connectivity index (χ4v) is 3.73. The predicted octanol–water partition coefficient (Wildman–Crippen LogP) is 3.88. The van der Waals surface area contributed by atoms with Gasteiger partial charge in [-0.2, -0.15) is 0 Å². The number of rotatable bonds is 6. The molecule has 0 aliphatic rings. The Bertz CT molecular complexity index is 859. The van der Waals surface area contributed by atoms with E-state index in [-0.39, 0.29) is 11.6 Å². The van der Waals surface area contributed by atoms with Crippen LogP contribution in [0.1, 0.15) is 15.3 Å². The summed E-state index contributed by atoms with van der Waals surface area (Å²) in [5, 5.41) is 16.1. The summed E-state index contributed by atoms with van der Waals surface area (Å²) in [6.45, 7) is 0. The van der Waals surface area contributed by atoms with E-state index in [0.29, 0.717) is 18.0 Å². The largest absolute Gasteiger partial charge is 0.302 e. The number of non-ortho nitro benzene ring substituents is 1. The van der Waals surface area contributed by atoms with Gasteiger partial charge in [0.05, 0.1) is 11.3 Å². The Hall–Kier alpha value is -2.58. The van der Waals surface area contributed by atoms with Crippen LogP contribution in [-0.2, 0) is 17.6 Å². The molecule has 0 aliphatic heterocycles. The number of amides is 1. The highest BCUT2D eigenvalue weighted by molar-refractivity contribution is 7.15. The van der Waals surface area contributed by atoms with Gasteiger partial charge in [0.1, 0.15) is 0 Å². The molecule has 0 saturated heterocycles. The van der Waals surface area contributed by atoms with Crippen LogP contribution >= 0.6 is 22.7 Å². The van der Waals surface area contributed by atoms with Gasteiger partial charge in [0.15, 0.2) is 5.13 Å². The highest BCUT2D eigenvalue weighted by atomic mass is 32.1. The molecular weight excluding hydrogens is 346 g/mol. The van der Waals surface area contributed by atoms with Gasteiger partial charge in [-0.15, -0.1) is 22.7 Å². The summed E-state index contributed by atoms with van der Waals surface area (Å²) < 4.78 is 0. The van der Waals surface area contributed by atoms with Crippen LogP contribution in [0.5, 0.6) is 0 Å². The van der Waals surface area contributed by atoms with Crippen molar-refractivity contribution < 1.29 is 9.72 Å². The summed E-state index contributed by atoms with van der Waals surface area (Å²) in [5.41, 5.74) is 0.908. The third-order valence-corrected chi connectivity index (χ3v) is 5.00. The lowest BCUT2D eigenvalue weighted by molar-refractivity contribution is -0.384. The summed E-state index contributed by atoms with van der Waals surface area (Å²) in [7, 11) is 0. The van der Waals surface area contributed by atoms with Crippen LogP contribution in [0, 0.1) is 10.1 Å². The Kier molecular flexibility index (Phi) is 4.97. The van der Waals surface area contributed by atoms with E-state index in [2.05, 4.69) is 10.3 Å². The minimum Gasteiger partial charge on any atom is -0.302 e. The summed E-state index contributed by atoms with van der Waals surface area (Å²) >= 11 is 2.91. The fourth-order valence-electron chi connectivity index (χ4n) is 2.16. The molecule has 0 saturated carbocycles. The summed E-state index contributed by atoms with van der Waals surface area (Å²) in [5.74, 6) is -0.103. The molecule has 0 bridgehead atoms. The van der Waals surface area contributed by atoms with Crippen LogP contribution in [0.4, 0.5) is 10.8 Å². The van der Waals surface area contributed by atoms with Gasteiger partial charge in [0, 0.05) is 34.5 Å². The number of aromatic nitrogens is 1. The van der Waals surface area contributed by atoms with Gasteiger partial charge in [-0.25, -0.2) is 4.98 Å². The smallest absolute Gasteiger partial charge is 0.269 e. The van der Waals surface area contributed by atoms with Crippen molar-refractivity contribution in [2.24, 2.45) is 0 Å². The Labute approximate surface area is 146 Å². The van der Waals surface area contributed by atoms with Crippen LogP contribution in [0.25, 0.3) is 0 Å². The zero-order valence-electron chi connectivity index (χ0n) is 12.5. The number of anilines is 1. The maximum absolute atomic E-state index is 12.0. The van der Waals surface area contributed by atoms with Crippen LogP contribution in [0.2, 0.25) is 0 Å². The van der Waals surface area contributed by atoms with Gasteiger partial charge in [-0.1, -0.05) is 18.2 Å². The van der Waals surface area contributed by atoms with E-state index in [1.165, 1.54) is 28.7 Å². The number of carbonyl (C=O) groups is 1.